The number of nitrogens with two attached hydrogens (primary N) is 2. The standard InChI is InChI=1S/C12H19N3/c13-8-9-3-1-4-10(7-9)12-11(14)5-2-6-15-12/h1,3-4,7,11-12,15H,2,5-6,8,13-14H2. The van der Waals surface area contributed by atoms with Gasteiger partial charge in [-0.3, -0.25) is 0 Å². The zero-order chi connectivity index (χ0) is 10.7. The van der Waals surface area contributed by atoms with Crippen LogP contribution in [0, 0.1) is 0 Å². The van der Waals surface area contributed by atoms with Gasteiger partial charge in [-0.25, -0.2) is 0 Å². The highest BCUT2D eigenvalue weighted by Crippen LogP contribution is 2.22. The van der Waals surface area contributed by atoms with Gasteiger partial charge in [0.05, 0.1) is 0 Å². The van der Waals surface area contributed by atoms with Crippen molar-refractivity contribution in [3.05, 3.63) is 35.4 Å². The van der Waals surface area contributed by atoms with E-state index in [4.69, 9.17) is 11.5 Å². The van der Waals surface area contributed by atoms with Gasteiger partial charge < -0.3 is 16.8 Å². The van der Waals surface area contributed by atoms with Crippen molar-refractivity contribution in [1.82, 2.24) is 5.32 Å². The highest BCUT2D eigenvalue weighted by molar-refractivity contribution is 5.27. The van der Waals surface area contributed by atoms with E-state index in [0.717, 1.165) is 13.0 Å². The first kappa shape index (κ1) is 10.6. The van der Waals surface area contributed by atoms with E-state index in [0.29, 0.717) is 12.6 Å². The molecule has 1 heterocycles. The molecule has 1 fully saturated rings. The molecule has 0 bridgehead atoms. The summed E-state index contributed by atoms with van der Waals surface area (Å²) in [6.07, 6.45) is 2.28. The maximum Gasteiger partial charge on any atom is 0.0473 e. The SMILES string of the molecule is NCc1cccc(C2NCCCC2N)c1. The molecule has 15 heavy (non-hydrogen) atoms. The molecular formula is C12H19N3. The van der Waals surface area contributed by atoms with Crippen molar-refractivity contribution < 1.29 is 0 Å². The van der Waals surface area contributed by atoms with Crippen LogP contribution in [0.3, 0.4) is 0 Å². The van der Waals surface area contributed by atoms with Crippen LogP contribution in [0.15, 0.2) is 24.3 Å². The molecule has 1 aromatic carbocycles. The second-order valence-corrected chi connectivity index (χ2v) is 4.19. The number of hydrogen-bond acceptors (Lipinski definition) is 3. The van der Waals surface area contributed by atoms with Crippen LogP contribution < -0.4 is 16.8 Å². The molecule has 0 aromatic heterocycles. The van der Waals surface area contributed by atoms with Crippen LogP contribution in [-0.4, -0.2) is 12.6 Å². The van der Waals surface area contributed by atoms with Crippen LogP contribution in [0.1, 0.15) is 30.0 Å². The number of benzene rings is 1. The highest BCUT2D eigenvalue weighted by Gasteiger charge is 2.22. The smallest absolute Gasteiger partial charge is 0.0473 e. The normalized spacial score (nSPS) is 26.5. The Balaban J connectivity index is 2.19. The van der Waals surface area contributed by atoms with Crippen molar-refractivity contribution in [1.29, 1.82) is 0 Å². The Morgan fingerprint density at radius 2 is 2.27 bits per heavy atom. The van der Waals surface area contributed by atoms with Crippen molar-refractivity contribution in [2.24, 2.45) is 11.5 Å². The van der Waals surface area contributed by atoms with E-state index in [-0.39, 0.29) is 6.04 Å². The summed E-state index contributed by atoms with van der Waals surface area (Å²) in [5.41, 5.74) is 14.2. The van der Waals surface area contributed by atoms with Crippen molar-refractivity contribution in [3.8, 4) is 0 Å². The molecule has 2 atom stereocenters. The molecule has 0 spiro atoms. The predicted molar refractivity (Wildman–Crippen MR) is 62.3 cm³/mol. The summed E-state index contributed by atoms with van der Waals surface area (Å²) < 4.78 is 0. The van der Waals surface area contributed by atoms with Gasteiger partial charge in [0.2, 0.25) is 0 Å². The van der Waals surface area contributed by atoms with Gasteiger partial charge >= 0.3 is 0 Å². The maximum atomic E-state index is 6.11. The van der Waals surface area contributed by atoms with E-state index in [1.54, 1.807) is 0 Å². The van der Waals surface area contributed by atoms with Gasteiger partial charge in [-0.05, 0) is 30.5 Å². The third-order valence-electron chi connectivity index (χ3n) is 3.05. The largest absolute Gasteiger partial charge is 0.326 e. The fourth-order valence-corrected chi connectivity index (χ4v) is 2.19. The fraction of sp³-hybridized carbons (Fsp3) is 0.500. The lowest BCUT2D eigenvalue weighted by molar-refractivity contribution is 0.358. The molecule has 1 aliphatic heterocycles. The van der Waals surface area contributed by atoms with Crippen LogP contribution in [0.4, 0.5) is 0 Å². The molecule has 1 aliphatic rings. The molecule has 0 aliphatic carbocycles. The average Bonchev–Trinajstić information content (AvgIpc) is 2.30. The Labute approximate surface area is 90.8 Å². The summed E-state index contributed by atoms with van der Waals surface area (Å²) in [6.45, 7) is 1.65. The monoisotopic (exact) mass is 205 g/mol. The lowest BCUT2D eigenvalue weighted by Gasteiger charge is -2.30. The minimum Gasteiger partial charge on any atom is -0.326 e. The molecule has 3 nitrogen and oxygen atoms in total. The Hall–Kier alpha value is -0.900. The van der Waals surface area contributed by atoms with Crippen LogP contribution in [0.5, 0.6) is 0 Å². The Morgan fingerprint density at radius 1 is 1.40 bits per heavy atom. The number of nitrogens with one attached hydrogen (secondary N) is 1. The molecule has 0 radical (unpaired) electrons. The first-order valence-corrected chi connectivity index (χ1v) is 5.59. The van der Waals surface area contributed by atoms with E-state index < -0.39 is 0 Å². The van der Waals surface area contributed by atoms with Crippen molar-refractivity contribution >= 4 is 0 Å². The number of piperidine rings is 1. The summed E-state index contributed by atoms with van der Waals surface area (Å²) in [5, 5.41) is 3.47. The average molecular weight is 205 g/mol. The minimum atomic E-state index is 0.228. The van der Waals surface area contributed by atoms with Gasteiger partial charge in [-0.15, -0.1) is 0 Å². The molecule has 3 heteroatoms. The van der Waals surface area contributed by atoms with Gasteiger partial charge in [0, 0.05) is 18.6 Å². The predicted octanol–water partition coefficient (Wildman–Crippen LogP) is 0.897. The van der Waals surface area contributed by atoms with Crippen LogP contribution >= 0.6 is 0 Å². The van der Waals surface area contributed by atoms with Crippen molar-refractivity contribution in [3.63, 3.8) is 0 Å². The Bertz CT molecular complexity index is 324. The lowest BCUT2D eigenvalue weighted by Crippen LogP contribution is -2.42. The van der Waals surface area contributed by atoms with Gasteiger partial charge in [-0.2, -0.15) is 0 Å². The van der Waals surface area contributed by atoms with E-state index in [1.807, 2.05) is 0 Å². The molecular weight excluding hydrogens is 186 g/mol. The number of hydrogen-bond donors (Lipinski definition) is 3. The van der Waals surface area contributed by atoms with Crippen molar-refractivity contribution in [2.45, 2.75) is 31.5 Å². The summed E-state index contributed by atoms with van der Waals surface area (Å²) in [5.74, 6) is 0. The molecule has 2 rings (SSSR count). The molecule has 0 saturated carbocycles. The summed E-state index contributed by atoms with van der Waals surface area (Å²) >= 11 is 0. The minimum absolute atomic E-state index is 0.228. The van der Waals surface area contributed by atoms with Crippen molar-refractivity contribution in [2.75, 3.05) is 6.54 Å². The molecule has 1 aromatic rings. The second-order valence-electron chi connectivity index (χ2n) is 4.19. The molecule has 2 unspecified atom stereocenters. The quantitative estimate of drug-likeness (QED) is 0.672. The number of rotatable bonds is 2. The zero-order valence-electron chi connectivity index (χ0n) is 8.95. The topological polar surface area (TPSA) is 64.1 Å². The zero-order valence-corrected chi connectivity index (χ0v) is 8.95. The van der Waals surface area contributed by atoms with Crippen LogP contribution in [-0.2, 0) is 6.54 Å². The summed E-state index contributed by atoms with van der Waals surface area (Å²) in [7, 11) is 0. The first-order chi connectivity index (χ1) is 7.31. The Morgan fingerprint density at radius 3 is 3.00 bits per heavy atom. The lowest BCUT2D eigenvalue weighted by atomic mass is 9.92. The summed E-state index contributed by atoms with van der Waals surface area (Å²) in [4.78, 5) is 0. The van der Waals surface area contributed by atoms with E-state index in [9.17, 15) is 0 Å². The van der Waals surface area contributed by atoms with Gasteiger partial charge in [0.25, 0.3) is 0 Å². The molecule has 1 saturated heterocycles. The third kappa shape index (κ3) is 2.37. The second kappa shape index (κ2) is 4.75. The van der Waals surface area contributed by atoms with Gasteiger partial charge in [0.1, 0.15) is 0 Å². The van der Waals surface area contributed by atoms with E-state index >= 15 is 0 Å². The molecule has 0 amide bonds. The summed E-state index contributed by atoms with van der Waals surface area (Å²) in [6, 6.07) is 8.92. The molecule has 5 N–H and O–H groups in total. The first-order valence-electron chi connectivity index (χ1n) is 5.59. The molecule has 82 valence electrons. The van der Waals surface area contributed by atoms with Gasteiger partial charge in [-0.1, -0.05) is 24.3 Å². The fourth-order valence-electron chi connectivity index (χ4n) is 2.19. The van der Waals surface area contributed by atoms with Gasteiger partial charge in [0.15, 0.2) is 0 Å². The van der Waals surface area contributed by atoms with E-state index in [1.165, 1.54) is 17.5 Å². The third-order valence-corrected chi connectivity index (χ3v) is 3.05. The van der Waals surface area contributed by atoms with Crippen LogP contribution in [0.2, 0.25) is 0 Å². The van der Waals surface area contributed by atoms with E-state index in [2.05, 4.69) is 29.6 Å². The highest BCUT2D eigenvalue weighted by atomic mass is 15.0. The maximum absolute atomic E-state index is 6.11. The Kier molecular flexibility index (Phi) is 3.36. The van der Waals surface area contributed by atoms with Crippen LogP contribution in [0.25, 0.3) is 0 Å².